The minimum absolute atomic E-state index is 0.00317. The van der Waals surface area contributed by atoms with Crippen LogP contribution in [0.3, 0.4) is 0 Å². The standard InChI is InChI=1S/C38H28O/c1-38(2)32-20-9-8-18-29(32)34-26(15-11-21-33(34)38)22-27-16-10-19-30-35-28-17-7-6-14-25(28)23-31(37(35)39-36(27)30)24-12-4-3-5-13-24/h3-21,23H,22H2,1-2H3. The second kappa shape index (κ2) is 8.19. The quantitative estimate of drug-likeness (QED) is 0.235. The maximum absolute atomic E-state index is 6.88. The van der Waals surface area contributed by atoms with Gasteiger partial charge in [0.25, 0.3) is 0 Å². The van der Waals surface area contributed by atoms with Gasteiger partial charge in [-0.1, -0.05) is 129 Å². The third-order valence-electron chi connectivity index (χ3n) is 8.73. The van der Waals surface area contributed by atoms with E-state index in [1.807, 2.05) is 0 Å². The summed E-state index contributed by atoms with van der Waals surface area (Å²) < 4.78 is 6.88. The Morgan fingerprint density at radius 1 is 0.564 bits per heavy atom. The van der Waals surface area contributed by atoms with Gasteiger partial charge in [-0.15, -0.1) is 0 Å². The molecule has 0 N–H and O–H groups in total. The van der Waals surface area contributed by atoms with Gasteiger partial charge >= 0.3 is 0 Å². The highest BCUT2D eigenvalue weighted by atomic mass is 16.3. The van der Waals surface area contributed by atoms with E-state index in [0.717, 1.165) is 23.2 Å². The Bertz CT molecular complexity index is 2060. The second-order valence-electron chi connectivity index (χ2n) is 11.3. The molecule has 0 fully saturated rings. The molecule has 39 heavy (non-hydrogen) atoms. The van der Waals surface area contributed by atoms with Crippen LogP contribution in [0.25, 0.3) is 55.0 Å². The fourth-order valence-electron chi connectivity index (χ4n) is 6.86. The van der Waals surface area contributed by atoms with E-state index in [-0.39, 0.29) is 5.41 Å². The highest BCUT2D eigenvalue weighted by Gasteiger charge is 2.36. The van der Waals surface area contributed by atoms with E-state index in [2.05, 4.69) is 135 Å². The Kier molecular flexibility index (Phi) is 4.70. The first-order valence-corrected chi connectivity index (χ1v) is 13.7. The largest absolute Gasteiger partial charge is 0.455 e. The van der Waals surface area contributed by atoms with E-state index in [0.29, 0.717) is 0 Å². The van der Waals surface area contributed by atoms with E-state index in [1.165, 1.54) is 60.5 Å². The van der Waals surface area contributed by atoms with Crippen LogP contribution in [0, 0.1) is 0 Å². The van der Waals surface area contributed by atoms with Gasteiger partial charge in [0.2, 0.25) is 0 Å². The molecule has 0 atom stereocenters. The summed E-state index contributed by atoms with van der Waals surface area (Å²) in [5, 5.41) is 4.86. The van der Waals surface area contributed by atoms with Crippen molar-refractivity contribution < 1.29 is 4.42 Å². The Balaban J connectivity index is 1.38. The Morgan fingerprint density at radius 3 is 2.15 bits per heavy atom. The van der Waals surface area contributed by atoms with Gasteiger partial charge in [-0.25, -0.2) is 0 Å². The average Bonchev–Trinajstić information content (AvgIpc) is 3.48. The Morgan fingerprint density at radius 2 is 1.26 bits per heavy atom. The molecule has 186 valence electrons. The molecule has 1 aliphatic carbocycles. The SMILES string of the molecule is CC1(C)c2ccccc2-c2c(Cc3cccc4c3oc3c(-c5ccccc5)cc5ccccc5c34)cccc21. The van der Waals surface area contributed by atoms with Crippen molar-refractivity contribution in [3.05, 3.63) is 144 Å². The molecule has 0 saturated heterocycles. The van der Waals surface area contributed by atoms with Gasteiger partial charge in [-0.2, -0.15) is 0 Å². The van der Waals surface area contributed by atoms with Crippen LogP contribution in [0.1, 0.15) is 36.1 Å². The minimum Gasteiger partial charge on any atom is -0.455 e. The van der Waals surface area contributed by atoms with Crippen LogP contribution in [0.5, 0.6) is 0 Å². The summed E-state index contributed by atoms with van der Waals surface area (Å²) in [6.07, 6.45) is 0.823. The predicted molar refractivity (Wildman–Crippen MR) is 163 cm³/mol. The number of fused-ring (bicyclic) bond motifs is 8. The van der Waals surface area contributed by atoms with Gasteiger partial charge in [-0.05, 0) is 55.8 Å². The first-order valence-electron chi connectivity index (χ1n) is 13.7. The van der Waals surface area contributed by atoms with E-state index >= 15 is 0 Å². The van der Waals surface area contributed by atoms with Gasteiger partial charge in [-0.3, -0.25) is 0 Å². The fourth-order valence-corrected chi connectivity index (χ4v) is 6.86. The van der Waals surface area contributed by atoms with Crippen molar-refractivity contribution in [2.45, 2.75) is 25.7 Å². The van der Waals surface area contributed by atoms with Crippen molar-refractivity contribution in [2.24, 2.45) is 0 Å². The molecule has 0 amide bonds. The number of hydrogen-bond acceptors (Lipinski definition) is 1. The topological polar surface area (TPSA) is 13.1 Å². The first-order chi connectivity index (χ1) is 19.1. The van der Waals surface area contributed by atoms with Crippen LogP contribution in [-0.4, -0.2) is 0 Å². The van der Waals surface area contributed by atoms with Crippen molar-refractivity contribution in [3.63, 3.8) is 0 Å². The molecule has 1 nitrogen and oxygen atoms in total. The van der Waals surface area contributed by atoms with Gasteiger partial charge in [0.15, 0.2) is 0 Å². The molecule has 0 saturated carbocycles. The zero-order chi connectivity index (χ0) is 26.1. The summed E-state index contributed by atoms with van der Waals surface area (Å²) in [6.45, 7) is 4.69. The lowest BCUT2D eigenvalue weighted by atomic mass is 9.82. The molecule has 0 unspecified atom stereocenters. The fraction of sp³-hybridized carbons (Fsp3) is 0.105. The molecule has 1 heteroatoms. The van der Waals surface area contributed by atoms with Gasteiger partial charge in [0.1, 0.15) is 11.2 Å². The lowest BCUT2D eigenvalue weighted by Gasteiger charge is -2.21. The lowest BCUT2D eigenvalue weighted by Crippen LogP contribution is -2.14. The summed E-state index contributed by atoms with van der Waals surface area (Å²) >= 11 is 0. The van der Waals surface area contributed by atoms with Crippen LogP contribution in [0.2, 0.25) is 0 Å². The van der Waals surface area contributed by atoms with E-state index in [9.17, 15) is 0 Å². The number of para-hydroxylation sites is 1. The highest BCUT2D eigenvalue weighted by Crippen LogP contribution is 2.50. The summed E-state index contributed by atoms with van der Waals surface area (Å²) in [5.41, 5.74) is 12.4. The third kappa shape index (κ3) is 3.20. The minimum atomic E-state index is -0.00317. The van der Waals surface area contributed by atoms with Crippen LogP contribution in [0.15, 0.2) is 126 Å². The average molecular weight is 501 g/mol. The molecule has 0 spiro atoms. The number of rotatable bonds is 3. The number of furan rings is 1. The zero-order valence-electron chi connectivity index (χ0n) is 22.2. The summed E-state index contributed by atoms with van der Waals surface area (Å²) in [7, 11) is 0. The molecule has 6 aromatic carbocycles. The Labute approximate surface area is 228 Å². The predicted octanol–water partition coefficient (Wildman–Crippen LogP) is 10.3. The number of hydrogen-bond donors (Lipinski definition) is 0. The molecular formula is C38H28O. The van der Waals surface area contributed by atoms with Crippen LogP contribution < -0.4 is 0 Å². The van der Waals surface area contributed by atoms with E-state index < -0.39 is 0 Å². The second-order valence-corrected chi connectivity index (χ2v) is 11.3. The smallest absolute Gasteiger partial charge is 0.143 e. The maximum Gasteiger partial charge on any atom is 0.143 e. The summed E-state index contributed by atoms with van der Waals surface area (Å²) in [6, 6.07) is 43.9. The highest BCUT2D eigenvalue weighted by molar-refractivity contribution is 6.22. The van der Waals surface area contributed by atoms with Crippen LogP contribution in [0.4, 0.5) is 0 Å². The van der Waals surface area contributed by atoms with Crippen molar-refractivity contribution in [1.29, 1.82) is 0 Å². The van der Waals surface area contributed by atoms with Crippen molar-refractivity contribution in [1.82, 2.24) is 0 Å². The maximum atomic E-state index is 6.88. The normalized spacial score (nSPS) is 13.7. The summed E-state index contributed by atoms with van der Waals surface area (Å²) in [5.74, 6) is 0. The van der Waals surface area contributed by atoms with Crippen LogP contribution >= 0.6 is 0 Å². The van der Waals surface area contributed by atoms with Crippen molar-refractivity contribution >= 4 is 32.7 Å². The monoisotopic (exact) mass is 500 g/mol. The Hall–Kier alpha value is -4.62. The third-order valence-corrected chi connectivity index (χ3v) is 8.73. The van der Waals surface area contributed by atoms with Crippen molar-refractivity contribution in [3.8, 4) is 22.3 Å². The molecular weight excluding hydrogens is 472 g/mol. The van der Waals surface area contributed by atoms with E-state index in [1.54, 1.807) is 0 Å². The molecule has 1 aromatic heterocycles. The zero-order valence-corrected chi connectivity index (χ0v) is 22.2. The summed E-state index contributed by atoms with van der Waals surface area (Å²) in [4.78, 5) is 0. The number of benzene rings is 6. The molecule has 0 bridgehead atoms. The van der Waals surface area contributed by atoms with Gasteiger partial charge in [0, 0.05) is 28.2 Å². The van der Waals surface area contributed by atoms with Gasteiger partial charge in [0.05, 0.1) is 0 Å². The molecule has 8 rings (SSSR count). The first kappa shape index (κ1) is 22.4. The van der Waals surface area contributed by atoms with Crippen molar-refractivity contribution in [2.75, 3.05) is 0 Å². The molecule has 0 radical (unpaired) electrons. The van der Waals surface area contributed by atoms with Crippen LogP contribution in [-0.2, 0) is 11.8 Å². The van der Waals surface area contributed by atoms with Gasteiger partial charge < -0.3 is 4.42 Å². The molecule has 1 heterocycles. The molecule has 0 aliphatic heterocycles. The molecule has 1 aliphatic rings. The lowest BCUT2D eigenvalue weighted by molar-refractivity contribution is 0.659. The van der Waals surface area contributed by atoms with E-state index in [4.69, 9.17) is 4.42 Å². The molecule has 7 aromatic rings.